The molecule has 114 valence electrons. The van der Waals surface area contributed by atoms with Gasteiger partial charge in [0.05, 0.1) is 24.4 Å². The van der Waals surface area contributed by atoms with Gasteiger partial charge in [0.2, 0.25) is 0 Å². The van der Waals surface area contributed by atoms with Crippen LogP contribution in [0.2, 0.25) is 0 Å². The van der Waals surface area contributed by atoms with Gasteiger partial charge in [0.1, 0.15) is 0 Å². The number of esters is 1. The Morgan fingerprint density at radius 3 is 2.52 bits per heavy atom. The van der Waals surface area contributed by atoms with Gasteiger partial charge in [-0.25, -0.2) is 0 Å². The van der Waals surface area contributed by atoms with E-state index in [1.54, 1.807) is 6.20 Å². The van der Waals surface area contributed by atoms with Crippen LogP contribution in [0.4, 0.5) is 5.69 Å². The minimum absolute atomic E-state index is 0.0000471. The van der Waals surface area contributed by atoms with E-state index < -0.39 is 0 Å². The van der Waals surface area contributed by atoms with Crippen molar-refractivity contribution >= 4 is 27.6 Å². The Balaban J connectivity index is 1.63. The van der Waals surface area contributed by atoms with Crippen molar-refractivity contribution in [2.24, 2.45) is 10.8 Å². The Kier molecular flexibility index (Phi) is 3.95. The largest absolute Gasteiger partial charge is 0.469 e. The van der Waals surface area contributed by atoms with Crippen LogP contribution in [0.3, 0.4) is 0 Å². The summed E-state index contributed by atoms with van der Waals surface area (Å²) in [5.74, 6) is -0.0000471. The van der Waals surface area contributed by atoms with Gasteiger partial charge in [-0.3, -0.25) is 9.78 Å². The van der Waals surface area contributed by atoms with E-state index in [-0.39, 0.29) is 11.4 Å². The molecule has 4 rings (SSSR count). The smallest absolute Gasteiger partial charge is 0.311 e. The molecule has 3 saturated carbocycles. The highest BCUT2D eigenvalue weighted by Gasteiger charge is 2.52. The molecule has 0 amide bonds. The first kappa shape index (κ1) is 14.8. The summed E-state index contributed by atoms with van der Waals surface area (Å²) in [4.78, 5) is 16.2. The molecule has 1 aromatic heterocycles. The number of ether oxygens (including phenoxy) is 1. The van der Waals surface area contributed by atoms with Crippen molar-refractivity contribution in [1.29, 1.82) is 0 Å². The van der Waals surface area contributed by atoms with Crippen LogP contribution in [0, 0.1) is 10.8 Å². The molecule has 0 atom stereocenters. The molecule has 1 N–H and O–H groups in total. The van der Waals surface area contributed by atoms with Crippen molar-refractivity contribution < 1.29 is 9.53 Å². The van der Waals surface area contributed by atoms with Crippen molar-refractivity contribution in [2.45, 2.75) is 38.5 Å². The number of anilines is 1. The third-order valence-corrected chi connectivity index (χ3v) is 5.83. The molecule has 1 heterocycles. The normalized spacial score (nSPS) is 31.0. The quantitative estimate of drug-likeness (QED) is 0.838. The number of hydrogen-bond donors (Lipinski definition) is 1. The van der Waals surface area contributed by atoms with Gasteiger partial charge in [-0.05, 0) is 65.9 Å². The van der Waals surface area contributed by atoms with Crippen LogP contribution in [0.1, 0.15) is 38.5 Å². The average molecular weight is 353 g/mol. The lowest BCUT2D eigenvalue weighted by Crippen LogP contribution is -2.48. The summed E-state index contributed by atoms with van der Waals surface area (Å²) < 4.78 is 6.00. The molecule has 2 bridgehead atoms. The van der Waals surface area contributed by atoms with Gasteiger partial charge < -0.3 is 10.1 Å². The Morgan fingerprint density at radius 1 is 1.29 bits per heavy atom. The van der Waals surface area contributed by atoms with Crippen LogP contribution in [0.15, 0.2) is 22.9 Å². The van der Waals surface area contributed by atoms with E-state index in [0.29, 0.717) is 5.41 Å². The topological polar surface area (TPSA) is 51.2 Å². The van der Waals surface area contributed by atoms with Crippen LogP contribution in [-0.4, -0.2) is 24.6 Å². The molecule has 0 aliphatic heterocycles. The third kappa shape index (κ3) is 2.80. The molecular formula is C16H21BrN2O2. The number of rotatable bonds is 4. The number of carbonyl (C=O) groups excluding carboxylic acids is 1. The van der Waals surface area contributed by atoms with Gasteiger partial charge in [0, 0.05) is 17.2 Å². The summed E-state index contributed by atoms with van der Waals surface area (Å²) in [6.45, 7) is 0.961. The number of nitrogens with one attached hydrogen (secondary N) is 1. The van der Waals surface area contributed by atoms with Crippen LogP contribution >= 0.6 is 15.9 Å². The highest BCUT2D eigenvalue weighted by atomic mass is 79.9. The fourth-order valence-electron chi connectivity index (χ4n) is 3.85. The second-order valence-corrected chi connectivity index (χ2v) is 7.43. The predicted octanol–water partition coefficient (Wildman–Crippen LogP) is 3.77. The minimum atomic E-state index is -0.187. The Morgan fingerprint density at radius 2 is 1.95 bits per heavy atom. The lowest BCUT2D eigenvalue weighted by atomic mass is 9.53. The fourth-order valence-corrected chi connectivity index (χ4v) is 4.21. The fraction of sp³-hybridized carbons (Fsp3) is 0.625. The maximum Gasteiger partial charge on any atom is 0.311 e. The molecule has 3 aliphatic carbocycles. The van der Waals surface area contributed by atoms with Crippen LogP contribution in [0.5, 0.6) is 0 Å². The highest BCUT2D eigenvalue weighted by molar-refractivity contribution is 9.10. The summed E-state index contributed by atoms with van der Waals surface area (Å²) in [7, 11) is 1.51. The summed E-state index contributed by atoms with van der Waals surface area (Å²) in [5.41, 5.74) is 1.19. The third-order valence-electron chi connectivity index (χ3n) is 5.39. The first-order chi connectivity index (χ1) is 10.1. The number of aromatic nitrogens is 1. The molecule has 4 nitrogen and oxygen atoms in total. The Hall–Kier alpha value is -1.10. The highest BCUT2D eigenvalue weighted by Crippen LogP contribution is 2.57. The first-order valence-corrected chi connectivity index (χ1v) is 8.30. The monoisotopic (exact) mass is 352 g/mol. The summed E-state index contributed by atoms with van der Waals surface area (Å²) in [5, 5.41) is 3.52. The zero-order chi connectivity index (χ0) is 14.9. The zero-order valence-corrected chi connectivity index (χ0v) is 13.9. The standard InChI is InChI=1S/C16H21BrN2O2/c1-21-14(20)16-5-2-15(3-6-16,4-7-16)11-19-13-8-12(17)9-18-10-13/h8-10,19H,2-7,11H2,1H3. The van der Waals surface area contributed by atoms with E-state index in [4.69, 9.17) is 4.74 Å². The molecule has 1 aromatic rings. The van der Waals surface area contributed by atoms with Crippen molar-refractivity contribution in [3.8, 4) is 0 Å². The summed E-state index contributed by atoms with van der Waals surface area (Å²) in [6, 6.07) is 2.05. The molecule has 21 heavy (non-hydrogen) atoms. The lowest BCUT2D eigenvalue weighted by Gasteiger charge is -2.52. The minimum Gasteiger partial charge on any atom is -0.469 e. The van der Waals surface area contributed by atoms with E-state index in [9.17, 15) is 4.79 Å². The maximum absolute atomic E-state index is 12.0. The van der Waals surface area contributed by atoms with Gasteiger partial charge in [-0.15, -0.1) is 0 Å². The molecule has 3 fully saturated rings. The van der Waals surface area contributed by atoms with E-state index in [2.05, 4.69) is 26.2 Å². The molecular weight excluding hydrogens is 332 g/mol. The van der Waals surface area contributed by atoms with Gasteiger partial charge >= 0.3 is 5.97 Å². The second kappa shape index (κ2) is 5.59. The molecule has 0 radical (unpaired) electrons. The van der Waals surface area contributed by atoms with Crippen molar-refractivity contribution in [3.05, 3.63) is 22.9 Å². The average Bonchev–Trinajstić information content (AvgIpc) is 2.54. The number of hydrogen-bond acceptors (Lipinski definition) is 4. The van der Waals surface area contributed by atoms with Crippen LogP contribution in [0.25, 0.3) is 0 Å². The molecule has 5 heteroatoms. The van der Waals surface area contributed by atoms with Crippen molar-refractivity contribution in [2.75, 3.05) is 19.0 Å². The van der Waals surface area contributed by atoms with Gasteiger partial charge in [-0.2, -0.15) is 0 Å². The van der Waals surface area contributed by atoms with Crippen molar-refractivity contribution in [3.63, 3.8) is 0 Å². The SMILES string of the molecule is COC(=O)C12CCC(CNc3cncc(Br)c3)(CC1)CC2. The van der Waals surface area contributed by atoms with Crippen LogP contribution < -0.4 is 5.32 Å². The van der Waals surface area contributed by atoms with Gasteiger partial charge in [0.25, 0.3) is 0 Å². The van der Waals surface area contributed by atoms with E-state index in [1.165, 1.54) is 7.11 Å². The van der Waals surface area contributed by atoms with Gasteiger partial charge in [0.15, 0.2) is 0 Å². The first-order valence-electron chi connectivity index (χ1n) is 7.51. The summed E-state index contributed by atoms with van der Waals surface area (Å²) >= 11 is 3.44. The number of fused-ring (bicyclic) bond motifs is 3. The predicted molar refractivity (Wildman–Crippen MR) is 85.0 cm³/mol. The van der Waals surface area contributed by atoms with E-state index in [1.807, 2.05) is 12.3 Å². The summed E-state index contributed by atoms with van der Waals surface area (Å²) in [6.07, 6.45) is 9.87. The van der Waals surface area contributed by atoms with Gasteiger partial charge in [-0.1, -0.05) is 0 Å². The maximum atomic E-state index is 12.0. The number of carbonyl (C=O) groups is 1. The molecule has 0 saturated heterocycles. The number of pyridine rings is 1. The number of nitrogens with zero attached hydrogens (tertiary/aromatic N) is 1. The molecule has 0 unspecified atom stereocenters. The van der Waals surface area contributed by atoms with Crippen LogP contribution in [-0.2, 0) is 9.53 Å². The number of halogens is 1. The number of methoxy groups -OCH3 is 1. The van der Waals surface area contributed by atoms with E-state index >= 15 is 0 Å². The molecule has 3 aliphatic rings. The van der Waals surface area contributed by atoms with Crippen molar-refractivity contribution in [1.82, 2.24) is 4.98 Å². The lowest BCUT2D eigenvalue weighted by molar-refractivity contribution is -0.162. The Bertz CT molecular complexity index is 522. The second-order valence-electron chi connectivity index (χ2n) is 6.52. The van der Waals surface area contributed by atoms with E-state index in [0.717, 1.165) is 55.2 Å². The zero-order valence-electron chi connectivity index (χ0n) is 12.3. The molecule has 0 aromatic carbocycles. The Labute approximate surface area is 133 Å². The molecule has 0 spiro atoms.